The van der Waals surface area contributed by atoms with E-state index in [1.54, 1.807) is 0 Å². The molecule has 1 atom stereocenters. The first-order valence-corrected chi connectivity index (χ1v) is 5.33. The predicted molar refractivity (Wildman–Crippen MR) is 52.2 cm³/mol. The van der Waals surface area contributed by atoms with Crippen LogP contribution in [0.2, 0.25) is 0 Å². The number of nitrogens with zero attached hydrogens (tertiary/aromatic N) is 1. The lowest BCUT2D eigenvalue weighted by atomic mass is 9.81. The Balaban J connectivity index is 2.20. The third-order valence-corrected chi connectivity index (χ3v) is 3.83. The van der Waals surface area contributed by atoms with E-state index in [-0.39, 0.29) is 0 Å². The van der Waals surface area contributed by atoms with Gasteiger partial charge in [0, 0.05) is 12.1 Å². The quantitative estimate of drug-likeness (QED) is 0.580. The average Bonchev–Trinajstić information content (AvgIpc) is 2.40. The van der Waals surface area contributed by atoms with Crippen molar-refractivity contribution in [3.05, 3.63) is 0 Å². The summed E-state index contributed by atoms with van der Waals surface area (Å²) in [7, 11) is 0. The van der Waals surface area contributed by atoms with Crippen molar-refractivity contribution in [3.63, 3.8) is 0 Å². The maximum Gasteiger partial charge on any atom is 0.0213 e. The van der Waals surface area contributed by atoms with Gasteiger partial charge in [0.2, 0.25) is 0 Å². The Hall–Kier alpha value is -0.0400. The lowest BCUT2D eigenvalue weighted by molar-refractivity contribution is 0.189. The second-order valence-corrected chi connectivity index (χ2v) is 5.44. The average molecular weight is 167 g/mol. The Bertz CT molecular complexity index is 185. The van der Waals surface area contributed by atoms with Gasteiger partial charge in [0.1, 0.15) is 0 Å². The van der Waals surface area contributed by atoms with Crippen molar-refractivity contribution in [1.82, 2.24) is 4.90 Å². The Morgan fingerprint density at radius 3 is 2.67 bits per heavy atom. The summed E-state index contributed by atoms with van der Waals surface area (Å²) in [5.74, 6) is 0. The molecule has 0 radical (unpaired) electrons. The van der Waals surface area contributed by atoms with Gasteiger partial charge in [-0.3, -0.25) is 4.90 Å². The van der Waals surface area contributed by atoms with Gasteiger partial charge in [-0.05, 0) is 37.6 Å². The molecule has 0 amide bonds. The first-order valence-electron chi connectivity index (χ1n) is 5.33. The molecule has 2 rings (SSSR count). The van der Waals surface area contributed by atoms with E-state index in [4.69, 9.17) is 0 Å². The van der Waals surface area contributed by atoms with Gasteiger partial charge < -0.3 is 0 Å². The van der Waals surface area contributed by atoms with Crippen LogP contribution in [0.25, 0.3) is 0 Å². The smallest absolute Gasteiger partial charge is 0.0213 e. The molecule has 1 unspecified atom stereocenters. The van der Waals surface area contributed by atoms with Crippen molar-refractivity contribution < 1.29 is 0 Å². The number of hydrogen-bond acceptors (Lipinski definition) is 1. The molecule has 2 aliphatic rings. The van der Waals surface area contributed by atoms with Crippen LogP contribution in [0.15, 0.2) is 0 Å². The molecule has 0 aromatic heterocycles. The minimum atomic E-state index is 0.580. The summed E-state index contributed by atoms with van der Waals surface area (Å²) in [6.45, 7) is 9.89. The van der Waals surface area contributed by atoms with Crippen molar-refractivity contribution in [2.24, 2.45) is 5.41 Å². The van der Waals surface area contributed by atoms with Gasteiger partial charge in [0.15, 0.2) is 0 Å². The van der Waals surface area contributed by atoms with Crippen LogP contribution in [0.1, 0.15) is 46.5 Å². The molecule has 0 saturated carbocycles. The van der Waals surface area contributed by atoms with Crippen molar-refractivity contribution in [2.75, 3.05) is 13.1 Å². The van der Waals surface area contributed by atoms with Gasteiger partial charge in [-0.15, -0.1) is 0 Å². The molecule has 0 spiro atoms. The van der Waals surface area contributed by atoms with E-state index in [2.05, 4.69) is 25.7 Å². The molecular weight excluding hydrogens is 146 g/mol. The molecule has 0 aliphatic carbocycles. The second kappa shape index (κ2) is 2.47. The topological polar surface area (TPSA) is 3.24 Å². The third kappa shape index (κ3) is 1.10. The molecule has 2 saturated heterocycles. The minimum Gasteiger partial charge on any atom is -0.297 e. The van der Waals surface area contributed by atoms with Crippen LogP contribution in [-0.2, 0) is 0 Å². The second-order valence-electron chi connectivity index (χ2n) is 5.44. The van der Waals surface area contributed by atoms with E-state index in [1.165, 1.54) is 38.8 Å². The van der Waals surface area contributed by atoms with Crippen LogP contribution >= 0.6 is 0 Å². The molecule has 0 N–H and O–H groups in total. The summed E-state index contributed by atoms with van der Waals surface area (Å²) in [5, 5.41) is 0. The lowest BCUT2D eigenvalue weighted by Gasteiger charge is -2.30. The first kappa shape index (κ1) is 8.55. The highest BCUT2D eigenvalue weighted by Crippen LogP contribution is 2.48. The molecule has 0 aromatic carbocycles. The minimum absolute atomic E-state index is 0.580. The maximum atomic E-state index is 2.74. The molecular formula is C11H21N. The van der Waals surface area contributed by atoms with E-state index in [1.807, 2.05) is 0 Å². The fourth-order valence-electron chi connectivity index (χ4n) is 3.43. The first-order chi connectivity index (χ1) is 5.58. The predicted octanol–water partition coefficient (Wildman–Crippen LogP) is 2.66. The highest BCUT2D eigenvalue weighted by molar-refractivity contribution is 5.05. The summed E-state index contributed by atoms with van der Waals surface area (Å²) in [6, 6.07) is 0. The van der Waals surface area contributed by atoms with Crippen LogP contribution in [0.3, 0.4) is 0 Å². The molecule has 0 bridgehead atoms. The van der Waals surface area contributed by atoms with E-state index in [9.17, 15) is 0 Å². The van der Waals surface area contributed by atoms with E-state index >= 15 is 0 Å². The van der Waals surface area contributed by atoms with Crippen LogP contribution in [0, 0.1) is 5.41 Å². The van der Waals surface area contributed by atoms with Crippen molar-refractivity contribution in [3.8, 4) is 0 Å². The van der Waals surface area contributed by atoms with E-state index < -0.39 is 0 Å². The molecule has 2 aliphatic heterocycles. The van der Waals surface area contributed by atoms with Crippen LogP contribution in [0.4, 0.5) is 0 Å². The third-order valence-electron chi connectivity index (χ3n) is 3.83. The maximum absolute atomic E-state index is 2.74. The van der Waals surface area contributed by atoms with Crippen molar-refractivity contribution in [2.45, 2.75) is 52.0 Å². The van der Waals surface area contributed by atoms with Crippen LogP contribution < -0.4 is 0 Å². The van der Waals surface area contributed by atoms with Gasteiger partial charge in [-0.25, -0.2) is 0 Å². The molecule has 1 nitrogen and oxygen atoms in total. The van der Waals surface area contributed by atoms with Crippen molar-refractivity contribution >= 4 is 0 Å². The summed E-state index contributed by atoms with van der Waals surface area (Å²) >= 11 is 0. The van der Waals surface area contributed by atoms with Gasteiger partial charge in [0.05, 0.1) is 0 Å². The number of rotatable bonds is 1. The zero-order chi connectivity index (χ0) is 8.82. The zero-order valence-electron chi connectivity index (χ0n) is 8.69. The summed E-state index contributed by atoms with van der Waals surface area (Å²) in [4.78, 5) is 2.74. The highest BCUT2D eigenvalue weighted by atomic mass is 15.2. The summed E-state index contributed by atoms with van der Waals surface area (Å²) in [6.07, 6.45) is 5.67. The molecule has 2 heterocycles. The molecule has 1 heteroatoms. The fourth-order valence-corrected chi connectivity index (χ4v) is 3.43. The number of hydrogen-bond donors (Lipinski definition) is 0. The standard InChI is InChI=1S/C11H21N/c1-4-11-6-5-7-12(11)9-10(2,3)8-11/h4-9H2,1-3H3. The zero-order valence-corrected chi connectivity index (χ0v) is 8.69. The summed E-state index contributed by atoms with van der Waals surface area (Å²) < 4.78 is 0. The van der Waals surface area contributed by atoms with Gasteiger partial charge in [-0.2, -0.15) is 0 Å². The summed E-state index contributed by atoms with van der Waals surface area (Å²) in [5.41, 5.74) is 1.19. The van der Waals surface area contributed by atoms with Crippen LogP contribution in [0.5, 0.6) is 0 Å². The Morgan fingerprint density at radius 1 is 1.33 bits per heavy atom. The largest absolute Gasteiger partial charge is 0.297 e. The van der Waals surface area contributed by atoms with E-state index in [0.717, 1.165) is 0 Å². The number of fused-ring (bicyclic) bond motifs is 1. The molecule has 70 valence electrons. The van der Waals surface area contributed by atoms with Gasteiger partial charge >= 0.3 is 0 Å². The Labute approximate surface area is 76.1 Å². The normalized spacial score (nSPS) is 40.2. The Morgan fingerprint density at radius 2 is 2.08 bits per heavy atom. The van der Waals surface area contributed by atoms with Crippen LogP contribution in [-0.4, -0.2) is 23.5 Å². The van der Waals surface area contributed by atoms with Crippen molar-refractivity contribution in [1.29, 1.82) is 0 Å². The molecule has 12 heavy (non-hydrogen) atoms. The highest BCUT2D eigenvalue weighted by Gasteiger charge is 2.49. The van der Waals surface area contributed by atoms with Gasteiger partial charge in [0.25, 0.3) is 0 Å². The monoisotopic (exact) mass is 167 g/mol. The lowest BCUT2D eigenvalue weighted by Crippen LogP contribution is -2.37. The Kier molecular flexibility index (Phi) is 1.76. The molecule has 0 aromatic rings. The van der Waals surface area contributed by atoms with E-state index in [0.29, 0.717) is 11.0 Å². The fraction of sp³-hybridized carbons (Fsp3) is 1.00. The van der Waals surface area contributed by atoms with Gasteiger partial charge in [-0.1, -0.05) is 20.8 Å². The molecule has 2 fully saturated rings. The SMILES string of the molecule is CCC12CCCN1CC(C)(C)C2.